The Hall–Kier alpha value is -3.44. The van der Waals surface area contributed by atoms with Crippen LogP contribution in [0.3, 0.4) is 0 Å². The smallest absolute Gasteiger partial charge is 0.318 e. The molecule has 4 nitrogen and oxygen atoms in total. The normalized spacial score (nSPS) is 10.7. The molecule has 0 aliphatic rings. The third-order valence-corrected chi connectivity index (χ3v) is 5.69. The van der Waals surface area contributed by atoms with Gasteiger partial charge in [-0.3, -0.25) is 4.79 Å². The number of carbonyl (C=O) groups excluding carboxylic acids is 1. The number of hydrogen-bond acceptors (Lipinski definition) is 5. The van der Waals surface area contributed by atoms with E-state index >= 15 is 0 Å². The first-order valence-electron chi connectivity index (χ1n) is 9.60. The summed E-state index contributed by atoms with van der Waals surface area (Å²) in [6.07, 6.45) is 0. The third-order valence-electron chi connectivity index (χ3n) is 4.75. The van der Waals surface area contributed by atoms with Gasteiger partial charge in [-0.15, -0.1) is 11.3 Å². The molecular formula is C25H21NO3S. The summed E-state index contributed by atoms with van der Waals surface area (Å²) in [5, 5.41) is 2.80. The maximum absolute atomic E-state index is 13.0. The molecule has 4 aromatic rings. The highest BCUT2D eigenvalue weighted by atomic mass is 32.1. The molecule has 3 aromatic carbocycles. The molecule has 4 rings (SSSR count). The summed E-state index contributed by atoms with van der Waals surface area (Å²) < 4.78 is 10.9. The summed E-state index contributed by atoms with van der Waals surface area (Å²) in [5.74, 6) is 0.0517. The van der Waals surface area contributed by atoms with E-state index in [1.165, 1.54) is 11.3 Å². The molecule has 0 saturated carbocycles. The van der Waals surface area contributed by atoms with Gasteiger partial charge >= 0.3 is 5.97 Å². The molecule has 30 heavy (non-hydrogen) atoms. The van der Waals surface area contributed by atoms with Crippen molar-refractivity contribution in [2.24, 2.45) is 0 Å². The van der Waals surface area contributed by atoms with Crippen molar-refractivity contribution >= 4 is 17.3 Å². The van der Waals surface area contributed by atoms with Crippen LogP contribution in [0.2, 0.25) is 0 Å². The molecule has 5 heteroatoms. The van der Waals surface area contributed by atoms with Crippen molar-refractivity contribution in [3.63, 3.8) is 0 Å². The van der Waals surface area contributed by atoms with Crippen LogP contribution in [0.4, 0.5) is 0 Å². The highest BCUT2D eigenvalue weighted by Gasteiger charge is 2.24. The van der Waals surface area contributed by atoms with Crippen LogP contribution in [0.5, 0.6) is 5.75 Å². The second-order valence-electron chi connectivity index (χ2n) is 6.73. The SMILES string of the molecule is COc1ccc(-c2nc(COC(=O)C(c3ccccc3)c3ccccc3)cs2)cc1. The third kappa shape index (κ3) is 4.58. The van der Waals surface area contributed by atoms with Crippen LogP contribution in [0.25, 0.3) is 10.6 Å². The fraction of sp³-hybridized carbons (Fsp3) is 0.120. The number of thiazole rings is 1. The molecule has 0 fully saturated rings. The van der Waals surface area contributed by atoms with E-state index in [0.717, 1.165) is 33.1 Å². The largest absolute Gasteiger partial charge is 0.497 e. The molecule has 0 aliphatic heterocycles. The Morgan fingerprint density at radius 1 is 0.900 bits per heavy atom. The molecule has 1 heterocycles. The van der Waals surface area contributed by atoms with E-state index in [1.54, 1.807) is 7.11 Å². The van der Waals surface area contributed by atoms with Crippen molar-refractivity contribution in [2.45, 2.75) is 12.5 Å². The van der Waals surface area contributed by atoms with Crippen LogP contribution >= 0.6 is 11.3 Å². The lowest BCUT2D eigenvalue weighted by atomic mass is 9.91. The average Bonchev–Trinajstić information content (AvgIpc) is 3.28. The fourth-order valence-electron chi connectivity index (χ4n) is 3.22. The fourth-order valence-corrected chi connectivity index (χ4v) is 4.03. The Labute approximate surface area is 179 Å². The number of rotatable bonds is 7. The number of methoxy groups -OCH3 is 1. The number of nitrogens with zero attached hydrogens (tertiary/aromatic N) is 1. The van der Waals surface area contributed by atoms with Gasteiger partial charge in [0.25, 0.3) is 0 Å². The summed E-state index contributed by atoms with van der Waals surface area (Å²) in [4.78, 5) is 17.6. The molecule has 0 unspecified atom stereocenters. The lowest BCUT2D eigenvalue weighted by Crippen LogP contribution is -2.17. The van der Waals surface area contributed by atoms with Crippen LogP contribution < -0.4 is 4.74 Å². The molecule has 0 spiro atoms. The summed E-state index contributed by atoms with van der Waals surface area (Å²) >= 11 is 1.53. The van der Waals surface area contributed by atoms with Gasteiger partial charge in [-0.2, -0.15) is 0 Å². The van der Waals surface area contributed by atoms with Crippen molar-refractivity contribution in [3.8, 4) is 16.3 Å². The Balaban J connectivity index is 1.48. The summed E-state index contributed by atoms with van der Waals surface area (Å²) in [5.41, 5.74) is 3.56. The summed E-state index contributed by atoms with van der Waals surface area (Å²) in [6, 6.07) is 27.1. The van der Waals surface area contributed by atoms with E-state index in [9.17, 15) is 4.79 Å². The van der Waals surface area contributed by atoms with Gasteiger partial charge in [0.05, 0.1) is 12.8 Å². The van der Waals surface area contributed by atoms with Crippen LogP contribution in [0, 0.1) is 0 Å². The number of hydrogen-bond donors (Lipinski definition) is 0. The van der Waals surface area contributed by atoms with Crippen molar-refractivity contribution in [1.82, 2.24) is 4.98 Å². The monoisotopic (exact) mass is 415 g/mol. The molecule has 150 valence electrons. The second-order valence-corrected chi connectivity index (χ2v) is 7.59. The lowest BCUT2D eigenvalue weighted by molar-refractivity contribution is -0.145. The van der Waals surface area contributed by atoms with Gasteiger partial charge in [-0.25, -0.2) is 4.98 Å². The van der Waals surface area contributed by atoms with Crippen LogP contribution in [0.15, 0.2) is 90.3 Å². The maximum Gasteiger partial charge on any atom is 0.318 e. The van der Waals surface area contributed by atoms with Crippen molar-refractivity contribution in [3.05, 3.63) is 107 Å². The minimum atomic E-state index is -0.466. The van der Waals surface area contributed by atoms with Gasteiger partial charge in [-0.05, 0) is 35.4 Å². The molecular weight excluding hydrogens is 394 g/mol. The Morgan fingerprint density at radius 2 is 1.50 bits per heavy atom. The van der Waals surface area contributed by atoms with E-state index in [1.807, 2.05) is 90.3 Å². The number of aromatic nitrogens is 1. The highest BCUT2D eigenvalue weighted by molar-refractivity contribution is 7.13. The van der Waals surface area contributed by atoms with Gasteiger partial charge in [0, 0.05) is 10.9 Å². The molecule has 0 N–H and O–H groups in total. The number of esters is 1. The topological polar surface area (TPSA) is 48.4 Å². The van der Waals surface area contributed by atoms with Gasteiger partial charge in [0.2, 0.25) is 0 Å². The maximum atomic E-state index is 13.0. The van der Waals surface area contributed by atoms with Gasteiger partial charge in [0.1, 0.15) is 23.3 Å². The standard InChI is InChI=1S/C25H21NO3S/c1-28-22-14-12-20(13-15-22)24-26-21(17-30-24)16-29-25(27)23(18-8-4-2-5-9-18)19-10-6-3-7-11-19/h2-15,17,23H,16H2,1H3. The minimum Gasteiger partial charge on any atom is -0.497 e. The highest BCUT2D eigenvalue weighted by Crippen LogP contribution is 2.28. The molecule has 1 aromatic heterocycles. The van der Waals surface area contributed by atoms with E-state index in [4.69, 9.17) is 9.47 Å². The zero-order valence-corrected chi connectivity index (χ0v) is 17.3. The first-order chi connectivity index (χ1) is 14.7. The number of benzene rings is 3. The zero-order chi connectivity index (χ0) is 20.8. The lowest BCUT2D eigenvalue weighted by Gasteiger charge is -2.16. The predicted octanol–water partition coefficient (Wildman–Crippen LogP) is 5.69. The first-order valence-corrected chi connectivity index (χ1v) is 10.5. The Kier molecular flexibility index (Phi) is 6.20. The summed E-state index contributed by atoms with van der Waals surface area (Å²) in [7, 11) is 1.64. The summed E-state index contributed by atoms with van der Waals surface area (Å²) in [6.45, 7) is 0.141. The average molecular weight is 416 g/mol. The molecule has 0 saturated heterocycles. The molecule has 0 amide bonds. The van der Waals surface area contributed by atoms with Gasteiger partial charge in [0.15, 0.2) is 0 Å². The van der Waals surface area contributed by atoms with Crippen LogP contribution in [-0.2, 0) is 16.1 Å². The predicted molar refractivity (Wildman–Crippen MR) is 119 cm³/mol. The molecule has 0 bridgehead atoms. The molecule has 0 radical (unpaired) electrons. The van der Waals surface area contributed by atoms with E-state index in [-0.39, 0.29) is 12.6 Å². The van der Waals surface area contributed by atoms with Gasteiger partial charge in [-0.1, -0.05) is 60.7 Å². The van der Waals surface area contributed by atoms with E-state index in [0.29, 0.717) is 0 Å². The van der Waals surface area contributed by atoms with Crippen molar-refractivity contribution in [2.75, 3.05) is 7.11 Å². The quantitative estimate of drug-likeness (QED) is 0.364. The van der Waals surface area contributed by atoms with E-state index in [2.05, 4.69) is 4.98 Å². The van der Waals surface area contributed by atoms with Crippen LogP contribution in [0.1, 0.15) is 22.7 Å². The van der Waals surface area contributed by atoms with Gasteiger partial charge < -0.3 is 9.47 Å². The first kappa shape index (κ1) is 19.9. The van der Waals surface area contributed by atoms with Crippen molar-refractivity contribution < 1.29 is 14.3 Å². The second kappa shape index (κ2) is 9.37. The van der Waals surface area contributed by atoms with Crippen molar-refractivity contribution in [1.29, 1.82) is 0 Å². The molecule has 0 atom stereocenters. The number of ether oxygens (including phenoxy) is 2. The minimum absolute atomic E-state index is 0.141. The van der Waals surface area contributed by atoms with Crippen LogP contribution in [-0.4, -0.2) is 18.1 Å². The Bertz CT molecular complexity index is 1050. The Morgan fingerprint density at radius 3 is 2.07 bits per heavy atom. The van der Waals surface area contributed by atoms with E-state index < -0.39 is 5.92 Å². The molecule has 0 aliphatic carbocycles. The number of carbonyl (C=O) groups is 1. The zero-order valence-electron chi connectivity index (χ0n) is 16.5.